The second kappa shape index (κ2) is 5.73. The van der Waals surface area contributed by atoms with Gasteiger partial charge in [0.15, 0.2) is 0 Å². The Morgan fingerprint density at radius 2 is 1.86 bits per heavy atom. The van der Waals surface area contributed by atoms with Gasteiger partial charge in [0.1, 0.15) is 0 Å². The lowest BCUT2D eigenvalue weighted by Crippen LogP contribution is -2.48. The second-order valence-electron chi connectivity index (χ2n) is 7.31. The van der Waals surface area contributed by atoms with E-state index in [0.717, 1.165) is 12.5 Å². The largest absolute Gasteiger partial charge is 0.375 e. The third-order valence-corrected chi connectivity index (χ3v) is 5.73. The molecule has 0 radical (unpaired) electrons. The van der Waals surface area contributed by atoms with Crippen LogP contribution in [0.15, 0.2) is 30.3 Å². The summed E-state index contributed by atoms with van der Waals surface area (Å²) in [5.74, 6) is 0.747. The molecule has 2 nitrogen and oxygen atoms in total. The van der Waals surface area contributed by atoms with E-state index in [0.29, 0.717) is 12.1 Å². The molecule has 3 atom stereocenters. The van der Waals surface area contributed by atoms with Crippen molar-refractivity contribution in [2.24, 2.45) is 0 Å². The van der Waals surface area contributed by atoms with E-state index in [2.05, 4.69) is 35.6 Å². The number of benzene rings is 1. The van der Waals surface area contributed by atoms with Gasteiger partial charge in [0.2, 0.25) is 0 Å². The van der Waals surface area contributed by atoms with Crippen molar-refractivity contribution >= 4 is 0 Å². The first-order valence-corrected chi connectivity index (χ1v) is 8.80. The van der Waals surface area contributed by atoms with Crippen molar-refractivity contribution in [2.75, 3.05) is 6.61 Å². The zero-order valence-electron chi connectivity index (χ0n) is 12.9. The SMILES string of the molecule is c1ccc(C2CC2NC2CCOC3(CCCCC3)C2)cc1. The Bertz CT molecular complexity index is 460. The summed E-state index contributed by atoms with van der Waals surface area (Å²) in [7, 11) is 0. The Labute approximate surface area is 128 Å². The molecule has 1 heterocycles. The van der Waals surface area contributed by atoms with Crippen LogP contribution in [0.25, 0.3) is 0 Å². The van der Waals surface area contributed by atoms with Gasteiger partial charge in [-0.15, -0.1) is 0 Å². The van der Waals surface area contributed by atoms with Crippen molar-refractivity contribution in [1.82, 2.24) is 5.32 Å². The molecule has 3 aliphatic rings. The summed E-state index contributed by atoms with van der Waals surface area (Å²) in [5.41, 5.74) is 1.74. The van der Waals surface area contributed by atoms with Crippen LogP contribution in [0, 0.1) is 0 Å². The first-order valence-electron chi connectivity index (χ1n) is 8.80. The molecule has 1 aromatic rings. The van der Waals surface area contributed by atoms with E-state index >= 15 is 0 Å². The fourth-order valence-corrected chi connectivity index (χ4v) is 4.47. The van der Waals surface area contributed by atoms with Gasteiger partial charge in [-0.1, -0.05) is 49.6 Å². The van der Waals surface area contributed by atoms with Crippen LogP contribution in [0.5, 0.6) is 0 Å². The fourth-order valence-electron chi connectivity index (χ4n) is 4.47. The van der Waals surface area contributed by atoms with Crippen molar-refractivity contribution in [3.63, 3.8) is 0 Å². The molecule has 2 heteroatoms. The summed E-state index contributed by atoms with van der Waals surface area (Å²) in [4.78, 5) is 0. The molecule has 4 rings (SSSR count). The Morgan fingerprint density at radius 3 is 2.67 bits per heavy atom. The normalized spacial score (nSPS) is 34.8. The van der Waals surface area contributed by atoms with E-state index < -0.39 is 0 Å². The molecule has 1 N–H and O–H groups in total. The Balaban J connectivity index is 1.33. The van der Waals surface area contributed by atoms with Crippen molar-refractivity contribution in [3.05, 3.63) is 35.9 Å². The third kappa shape index (κ3) is 3.02. The van der Waals surface area contributed by atoms with E-state index in [1.807, 2.05) is 0 Å². The molecule has 1 spiro atoms. The van der Waals surface area contributed by atoms with Crippen molar-refractivity contribution < 1.29 is 4.74 Å². The highest BCUT2D eigenvalue weighted by Gasteiger charge is 2.43. The number of hydrogen-bond donors (Lipinski definition) is 1. The summed E-state index contributed by atoms with van der Waals surface area (Å²) in [6, 6.07) is 12.4. The number of hydrogen-bond acceptors (Lipinski definition) is 2. The van der Waals surface area contributed by atoms with Crippen LogP contribution in [0.2, 0.25) is 0 Å². The fraction of sp³-hybridized carbons (Fsp3) is 0.684. The van der Waals surface area contributed by atoms with Crippen LogP contribution in [-0.2, 0) is 4.74 Å². The zero-order valence-corrected chi connectivity index (χ0v) is 12.9. The molecule has 21 heavy (non-hydrogen) atoms. The molecule has 0 bridgehead atoms. The van der Waals surface area contributed by atoms with Gasteiger partial charge in [-0.3, -0.25) is 0 Å². The quantitative estimate of drug-likeness (QED) is 0.906. The molecule has 1 saturated heterocycles. The van der Waals surface area contributed by atoms with Gasteiger partial charge >= 0.3 is 0 Å². The monoisotopic (exact) mass is 285 g/mol. The maximum atomic E-state index is 6.21. The Kier molecular flexibility index (Phi) is 3.76. The minimum Gasteiger partial charge on any atom is -0.375 e. The standard InChI is InChI=1S/C19H27NO/c1-3-7-15(8-4-1)17-13-18(17)20-16-9-12-21-19(14-16)10-5-2-6-11-19/h1,3-4,7-8,16-18,20H,2,5-6,9-14H2. The highest BCUT2D eigenvalue weighted by atomic mass is 16.5. The van der Waals surface area contributed by atoms with Crippen LogP contribution in [0.4, 0.5) is 0 Å². The minimum absolute atomic E-state index is 0.227. The van der Waals surface area contributed by atoms with Gasteiger partial charge in [0.05, 0.1) is 5.60 Å². The molecule has 114 valence electrons. The molecular formula is C19H27NO. The van der Waals surface area contributed by atoms with Crippen molar-refractivity contribution in [1.29, 1.82) is 0 Å². The molecule has 1 aliphatic heterocycles. The number of rotatable bonds is 3. The first kappa shape index (κ1) is 13.8. The molecule has 2 saturated carbocycles. The predicted octanol–water partition coefficient (Wildman–Crippen LogP) is 4.01. The number of nitrogens with one attached hydrogen (secondary N) is 1. The molecule has 2 aliphatic carbocycles. The summed E-state index contributed by atoms with van der Waals surface area (Å²) in [6.07, 6.45) is 10.5. The Hall–Kier alpha value is -0.860. The smallest absolute Gasteiger partial charge is 0.0697 e. The average molecular weight is 285 g/mol. The molecule has 3 fully saturated rings. The topological polar surface area (TPSA) is 21.3 Å². The lowest BCUT2D eigenvalue weighted by molar-refractivity contribution is -0.109. The van der Waals surface area contributed by atoms with Crippen LogP contribution >= 0.6 is 0 Å². The lowest BCUT2D eigenvalue weighted by atomic mass is 9.78. The highest BCUT2D eigenvalue weighted by molar-refractivity contribution is 5.27. The van der Waals surface area contributed by atoms with E-state index in [9.17, 15) is 0 Å². The van der Waals surface area contributed by atoms with Crippen molar-refractivity contribution in [3.8, 4) is 0 Å². The van der Waals surface area contributed by atoms with Gasteiger partial charge in [-0.05, 0) is 37.7 Å². The molecule has 0 aromatic heterocycles. The van der Waals surface area contributed by atoms with E-state index in [1.54, 1.807) is 0 Å². The van der Waals surface area contributed by atoms with Gasteiger partial charge in [-0.2, -0.15) is 0 Å². The average Bonchev–Trinajstić information content (AvgIpc) is 3.28. The van der Waals surface area contributed by atoms with Gasteiger partial charge in [-0.25, -0.2) is 0 Å². The summed E-state index contributed by atoms with van der Waals surface area (Å²) < 4.78 is 6.21. The van der Waals surface area contributed by atoms with Crippen LogP contribution in [0.1, 0.15) is 62.8 Å². The summed E-state index contributed by atoms with van der Waals surface area (Å²) in [5, 5.41) is 3.93. The molecule has 3 unspecified atom stereocenters. The molecular weight excluding hydrogens is 258 g/mol. The van der Waals surface area contributed by atoms with Gasteiger partial charge < -0.3 is 10.1 Å². The van der Waals surface area contributed by atoms with Crippen LogP contribution in [0.3, 0.4) is 0 Å². The van der Waals surface area contributed by atoms with Crippen LogP contribution in [-0.4, -0.2) is 24.3 Å². The van der Waals surface area contributed by atoms with Crippen molar-refractivity contribution in [2.45, 2.75) is 75.0 Å². The van der Waals surface area contributed by atoms with E-state index in [1.165, 1.54) is 56.9 Å². The number of ether oxygens (including phenoxy) is 1. The maximum absolute atomic E-state index is 6.21. The lowest BCUT2D eigenvalue weighted by Gasteiger charge is -2.44. The summed E-state index contributed by atoms with van der Waals surface area (Å²) >= 11 is 0. The highest BCUT2D eigenvalue weighted by Crippen LogP contribution is 2.43. The molecule has 0 amide bonds. The zero-order chi connectivity index (χ0) is 14.1. The predicted molar refractivity (Wildman–Crippen MR) is 85.5 cm³/mol. The maximum Gasteiger partial charge on any atom is 0.0697 e. The molecule has 1 aromatic carbocycles. The van der Waals surface area contributed by atoms with Gasteiger partial charge in [0, 0.05) is 24.6 Å². The first-order chi connectivity index (χ1) is 10.3. The second-order valence-corrected chi connectivity index (χ2v) is 7.31. The summed E-state index contributed by atoms with van der Waals surface area (Å²) in [6.45, 7) is 0.959. The minimum atomic E-state index is 0.227. The van der Waals surface area contributed by atoms with E-state index in [-0.39, 0.29) is 5.60 Å². The Morgan fingerprint density at radius 1 is 1.05 bits per heavy atom. The van der Waals surface area contributed by atoms with Gasteiger partial charge in [0.25, 0.3) is 0 Å². The van der Waals surface area contributed by atoms with E-state index in [4.69, 9.17) is 4.74 Å². The van der Waals surface area contributed by atoms with Crippen LogP contribution < -0.4 is 5.32 Å². The third-order valence-electron chi connectivity index (χ3n) is 5.73.